The lowest BCUT2D eigenvalue weighted by Crippen LogP contribution is -2.38. The highest BCUT2D eigenvalue weighted by Crippen LogP contribution is 2.14. The molecule has 1 amide bonds. The highest BCUT2D eigenvalue weighted by atomic mass is 35.5. The molecule has 0 saturated carbocycles. The lowest BCUT2D eigenvalue weighted by atomic mass is 10.2. The number of amides is 1. The molecule has 0 atom stereocenters. The van der Waals surface area contributed by atoms with Crippen LogP contribution in [-0.2, 0) is 27.9 Å². The SMILES string of the molecule is Cc1ccc(N)c(CNC(=O)Cn2c(C)cnc(NNS(=O)(=O)c3ccc(Cl)cc3)c2=O)n1. The summed E-state index contributed by atoms with van der Waals surface area (Å²) in [6.07, 6.45) is 1.34. The molecule has 11 nitrogen and oxygen atoms in total. The summed E-state index contributed by atoms with van der Waals surface area (Å²) < 4.78 is 26.0. The molecule has 0 fully saturated rings. The highest BCUT2D eigenvalue weighted by Gasteiger charge is 2.17. The average Bonchev–Trinajstić information content (AvgIpc) is 2.77. The third-order valence-electron chi connectivity index (χ3n) is 4.59. The number of carbonyl (C=O) groups is 1. The van der Waals surface area contributed by atoms with Crippen molar-refractivity contribution in [2.24, 2.45) is 0 Å². The summed E-state index contributed by atoms with van der Waals surface area (Å²) in [5, 5.41) is 3.05. The van der Waals surface area contributed by atoms with Gasteiger partial charge < -0.3 is 11.1 Å². The van der Waals surface area contributed by atoms with Crippen LogP contribution in [0.15, 0.2) is 52.3 Å². The zero-order valence-corrected chi connectivity index (χ0v) is 19.4. The molecule has 174 valence electrons. The topological polar surface area (TPSA) is 161 Å². The average molecular weight is 492 g/mol. The van der Waals surface area contributed by atoms with Crippen molar-refractivity contribution in [3.8, 4) is 0 Å². The summed E-state index contributed by atoms with van der Waals surface area (Å²) in [7, 11) is -3.99. The summed E-state index contributed by atoms with van der Waals surface area (Å²) >= 11 is 5.77. The number of hydrogen-bond donors (Lipinski definition) is 4. The smallest absolute Gasteiger partial charge is 0.295 e. The third kappa shape index (κ3) is 6.06. The van der Waals surface area contributed by atoms with Gasteiger partial charge in [0.25, 0.3) is 15.6 Å². The monoisotopic (exact) mass is 491 g/mol. The molecule has 0 saturated heterocycles. The number of rotatable bonds is 8. The van der Waals surface area contributed by atoms with E-state index in [1.807, 2.05) is 0 Å². The molecule has 0 aliphatic rings. The Morgan fingerprint density at radius 1 is 1.15 bits per heavy atom. The third-order valence-corrected chi connectivity index (χ3v) is 6.10. The fourth-order valence-corrected chi connectivity index (χ4v) is 3.76. The van der Waals surface area contributed by atoms with Gasteiger partial charge in [-0.15, -0.1) is 4.83 Å². The molecule has 3 aromatic rings. The molecule has 5 N–H and O–H groups in total. The van der Waals surface area contributed by atoms with E-state index in [-0.39, 0.29) is 23.8 Å². The summed E-state index contributed by atoms with van der Waals surface area (Å²) in [6, 6.07) is 8.93. The molecule has 0 aliphatic heterocycles. The van der Waals surface area contributed by atoms with E-state index in [1.54, 1.807) is 26.0 Å². The van der Waals surface area contributed by atoms with Crippen molar-refractivity contribution in [3.05, 3.63) is 75.1 Å². The predicted octanol–water partition coefficient (Wildman–Crippen LogP) is 1.11. The molecular weight excluding hydrogens is 470 g/mol. The van der Waals surface area contributed by atoms with Gasteiger partial charge in [-0.1, -0.05) is 11.6 Å². The second kappa shape index (κ2) is 9.98. The largest absolute Gasteiger partial charge is 0.397 e. The Bertz CT molecular complexity index is 1340. The normalized spacial score (nSPS) is 11.2. The minimum Gasteiger partial charge on any atom is -0.397 e. The summed E-state index contributed by atoms with van der Waals surface area (Å²) in [4.78, 5) is 35.4. The minimum absolute atomic E-state index is 0.0600. The Labute approximate surface area is 195 Å². The van der Waals surface area contributed by atoms with Gasteiger partial charge in [0.2, 0.25) is 11.7 Å². The van der Waals surface area contributed by atoms with E-state index in [0.717, 1.165) is 10.3 Å². The van der Waals surface area contributed by atoms with E-state index in [0.29, 0.717) is 22.1 Å². The van der Waals surface area contributed by atoms with E-state index in [4.69, 9.17) is 17.3 Å². The van der Waals surface area contributed by atoms with Crippen molar-refractivity contribution in [2.75, 3.05) is 11.2 Å². The van der Waals surface area contributed by atoms with E-state index in [9.17, 15) is 18.0 Å². The molecule has 0 aliphatic carbocycles. The molecule has 0 bridgehead atoms. The fourth-order valence-electron chi connectivity index (χ4n) is 2.79. The predicted molar refractivity (Wildman–Crippen MR) is 124 cm³/mol. The number of hydrazine groups is 1. The molecule has 1 aromatic carbocycles. The first-order chi connectivity index (χ1) is 15.6. The number of sulfonamides is 1. The van der Waals surface area contributed by atoms with Crippen LogP contribution < -0.4 is 26.9 Å². The highest BCUT2D eigenvalue weighted by molar-refractivity contribution is 7.89. The van der Waals surface area contributed by atoms with Crippen molar-refractivity contribution >= 4 is 39.0 Å². The number of nitrogens with zero attached hydrogens (tertiary/aromatic N) is 3. The number of nitrogens with two attached hydrogens (primary N) is 1. The quantitative estimate of drug-likeness (QED) is 0.341. The number of nitrogen functional groups attached to an aromatic ring is 1. The van der Waals surface area contributed by atoms with Crippen molar-refractivity contribution in [2.45, 2.75) is 31.8 Å². The van der Waals surface area contributed by atoms with E-state index in [1.165, 1.54) is 30.5 Å². The van der Waals surface area contributed by atoms with Crippen LogP contribution in [0.5, 0.6) is 0 Å². The van der Waals surface area contributed by atoms with Gasteiger partial charge in [-0.05, 0) is 50.2 Å². The second-order valence-corrected chi connectivity index (χ2v) is 9.21. The minimum atomic E-state index is -3.99. The zero-order chi connectivity index (χ0) is 24.2. The van der Waals surface area contributed by atoms with Crippen molar-refractivity contribution in [1.29, 1.82) is 0 Å². The van der Waals surface area contributed by atoms with E-state index in [2.05, 4.69) is 25.5 Å². The first kappa shape index (κ1) is 24.2. The maximum absolute atomic E-state index is 12.8. The van der Waals surface area contributed by atoms with Gasteiger partial charge in [0.1, 0.15) is 6.54 Å². The number of pyridine rings is 1. The molecule has 2 heterocycles. The number of anilines is 2. The number of hydrogen-bond acceptors (Lipinski definition) is 8. The standard InChI is InChI=1S/C20H22ClN7O4S/c1-12-3-8-16(22)17(25-12)10-23-18(29)11-28-13(2)9-24-19(20(28)30)26-27-33(31,32)15-6-4-14(21)5-7-15/h3-9,27H,10-11,22H2,1-2H3,(H,23,29)(H,24,26). The molecule has 2 aromatic heterocycles. The Morgan fingerprint density at radius 2 is 1.85 bits per heavy atom. The Hall–Kier alpha value is -3.48. The van der Waals surface area contributed by atoms with E-state index >= 15 is 0 Å². The second-order valence-electron chi connectivity index (χ2n) is 7.09. The number of carbonyl (C=O) groups excluding carboxylic acids is 1. The number of benzene rings is 1. The van der Waals surface area contributed by atoms with Crippen LogP contribution in [0.25, 0.3) is 0 Å². The van der Waals surface area contributed by atoms with Crippen LogP contribution in [0.2, 0.25) is 5.02 Å². The van der Waals surface area contributed by atoms with Crippen LogP contribution in [0.1, 0.15) is 17.1 Å². The van der Waals surface area contributed by atoms with Gasteiger partial charge in [-0.25, -0.2) is 13.4 Å². The van der Waals surface area contributed by atoms with Crippen LogP contribution in [0.4, 0.5) is 11.5 Å². The van der Waals surface area contributed by atoms with Crippen molar-refractivity contribution in [3.63, 3.8) is 0 Å². The van der Waals surface area contributed by atoms with Gasteiger partial charge in [0.15, 0.2) is 0 Å². The van der Waals surface area contributed by atoms with Crippen LogP contribution in [-0.4, -0.2) is 28.9 Å². The van der Waals surface area contributed by atoms with Gasteiger partial charge in [-0.2, -0.15) is 0 Å². The zero-order valence-electron chi connectivity index (χ0n) is 17.8. The summed E-state index contributed by atoms with van der Waals surface area (Å²) in [5.74, 6) is -0.752. The number of halogens is 1. The Balaban J connectivity index is 1.70. The molecule has 13 heteroatoms. The summed E-state index contributed by atoms with van der Waals surface area (Å²) in [6.45, 7) is 3.19. The van der Waals surface area contributed by atoms with Crippen LogP contribution >= 0.6 is 11.6 Å². The van der Waals surface area contributed by atoms with Crippen molar-refractivity contribution < 1.29 is 13.2 Å². The number of nitrogens with one attached hydrogen (secondary N) is 3. The van der Waals surface area contributed by atoms with Crippen LogP contribution in [0, 0.1) is 13.8 Å². The van der Waals surface area contributed by atoms with Gasteiger partial charge >= 0.3 is 0 Å². The van der Waals surface area contributed by atoms with Crippen molar-refractivity contribution in [1.82, 2.24) is 24.7 Å². The Kier molecular flexibility index (Phi) is 7.31. The van der Waals surface area contributed by atoms with Gasteiger partial charge in [0, 0.05) is 22.6 Å². The maximum atomic E-state index is 12.8. The molecule has 0 spiro atoms. The molecular formula is C20H22ClN7O4S. The van der Waals surface area contributed by atoms with Gasteiger partial charge in [-0.3, -0.25) is 24.6 Å². The molecule has 0 unspecified atom stereocenters. The molecule has 3 rings (SSSR count). The molecule has 0 radical (unpaired) electrons. The van der Waals surface area contributed by atoms with Crippen LogP contribution in [0.3, 0.4) is 0 Å². The van der Waals surface area contributed by atoms with Gasteiger partial charge in [0.05, 0.1) is 22.8 Å². The lowest BCUT2D eigenvalue weighted by Gasteiger charge is -2.13. The fraction of sp³-hybridized carbons (Fsp3) is 0.200. The van der Waals surface area contributed by atoms with E-state index < -0.39 is 21.5 Å². The summed E-state index contributed by atoms with van der Waals surface area (Å²) in [5.41, 5.74) is 9.61. The molecule has 33 heavy (non-hydrogen) atoms. The maximum Gasteiger partial charge on any atom is 0.295 e. The first-order valence-corrected chi connectivity index (χ1v) is 11.5. The number of aromatic nitrogens is 3. The Morgan fingerprint density at radius 3 is 2.55 bits per heavy atom. The lowest BCUT2D eigenvalue weighted by molar-refractivity contribution is -0.121. The first-order valence-electron chi connectivity index (χ1n) is 9.65. The number of aryl methyl sites for hydroxylation is 2.